The smallest absolute Gasteiger partial charge is 0.190 e. The molecule has 0 aliphatic heterocycles. The van der Waals surface area contributed by atoms with Crippen molar-refractivity contribution in [2.75, 3.05) is 0 Å². The van der Waals surface area contributed by atoms with Gasteiger partial charge < -0.3 is 4.74 Å². The minimum Gasteiger partial charge on any atom is -0.489 e. The van der Waals surface area contributed by atoms with Gasteiger partial charge in [-0.3, -0.25) is 0 Å². The fraction of sp³-hybridized carbons (Fsp3) is 0.118. The molecule has 0 spiro atoms. The van der Waals surface area contributed by atoms with Crippen LogP contribution in [0.4, 0.5) is 8.78 Å². The van der Waals surface area contributed by atoms with Crippen molar-refractivity contribution in [3.8, 4) is 23.1 Å². The van der Waals surface area contributed by atoms with Crippen molar-refractivity contribution in [2.24, 2.45) is 0 Å². The fourth-order valence-electron chi connectivity index (χ4n) is 2.34. The first-order valence-electron chi connectivity index (χ1n) is 7.06. The van der Waals surface area contributed by atoms with Crippen molar-refractivity contribution in [3.63, 3.8) is 0 Å². The standard InChI is InChI=1S/C17H12F2N4O/c1-10-2-12(17-16(8-20)21-23-22-17)6-15(3-10)24-9-11-4-13(18)7-14(19)5-11/h2-7H,9H2,1H3,(H,21,22,23). The van der Waals surface area contributed by atoms with E-state index >= 15 is 0 Å². The molecule has 0 saturated heterocycles. The van der Waals surface area contributed by atoms with Crippen LogP contribution in [0, 0.1) is 29.9 Å². The van der Waals surface area contributed by atoms with E-state index in [0.717, 1.165) is 11.6 Å². The van der Waals surface area contributed by atoms with E-state index in [1.54, 1.807) is 12.1 Å². The van der Waals surface area contributed by atoms with E-state index in [0.29, 0.717) is 22.6 Å². The zero-order valence-electron chi connectivity index (χ0n) is 12.7. The van der Waals surface area contributed by atoms with Crippen molar-refractivity contribution in [1.82, 2.24) is 15.4 Å². The summed E-state index contributed by atoms with van der Waals surface area (Å²) in [5.41, 5.74) is 2.54. The van der Waals surface area contributed by atoms with Crippen LogP contribution >= 0.6 is 0 Å². The second-order valence-corrected chi connectivity index (χ2v) is 5.23. The Morgan fingerprint density at radius 2 is 1.83 bits per heavy atom. The summed E-state index contributed by atoms with van der Waals surface area (Å²) in [6.45, 7) is 1.88. The SMILES string of the molecule is Cc1cc(OCc2cc(F)cc(F)c2)cc(-c2n[nH]nc2C#N)c1. The lowest BCUT2D eigenvalue weighted by Gasteiger charge is -2.09. The Morgan fingerprint density at radius 3 is 2.54 bits per heavy atom. The van der Waals surface area contributed by atoms with Gasteiger partial charge in [0.15, 0.2) is 5.69 Å². The van der Waals surface area contributed by atoms with Crippen molar-refractivity contribution in [3.05, 3.63) is 64.9 Å². The Bertz CT molecular complexity index is 910. The monoisotopic (exact) mass is 326 g/mol. The lowest BCUT2D eigenvalue weighted by atomic mass is 10.1. The number of halogens is 2. The molecule has 0 atom stereocenters. The average molecular weight is 326 g/mol. The molecule has 0 saturated carbocycles. The van der Waals surface area contributed by atoms with Gasteiger partial charge in [0.1, 0.15) is 35.8 Å². The molecule has 0 aliphatic carbocycles. The lowest BCUT2D eigenvalue weighted by Crippen LogP contribution is -1.98. The number of ether oxygens (including phenoxy) is 1. The van der Waals surface area contributed by atoms with Gasteiger partial charge in [-0.15, -0.1) is 5.10 Å². The number of nitriles is 1. The topological polar surface area (TPSA) is 74.6 Å². The second-order valence-electron chi connectivity index (χ2n) is 5.23. The first-order valence-corrected chi connectivity index (χ1v) is 7.06. The van der Waals surface area contributed by atoms with E-state index in [2.05, 4.69) is 15.4 Å². The zero-order chi connectivity index (χ0) is 17.1. The number of aromatic nitrogens is 3. The maximum atomic E-state index is 13.2. The minimum absolute atomic E-state index is 0.0154. The van der Waals surface area contributed by atoms with E-state index in [4.69, 9.17) is 10.00 Å². The Labute approximate surface area is 136 Å². The maximum Gasteiger partial charge on any atom is 0.190 e. The van der Waals surface area contributed by atoms with Gasteiger partial charge in [0.05, 0.1) is 0 Å². The van der Waals surface area contributed by atoms with Crippen molar-refractivity contribution in [1.29, 1.82) is 5.26 Å². The lowest BCUT2D eigenvalue weighted by molar-refractivity contribution is 0.304. The summed E-state index contributed by atoms with van der Waals surface area (Å²) in [6, 6.07) is 10.5. The van der Waals surface area contributed by atoms with Gasteiger partial charge in [0, 0.05) is 11.6 Å². The summed E-state index contributed by atoms with van der Waals surface area (Å²) in [5.74, 6) is -0.805. The molecule has 120 valence electrons. The molecular formula is C17H12F2N4O. The molecule has 0 unspecified atom stereocenters. The largest absolute Gasteiger partial charge is 0.489 e. The predicted molar refractivity (Wildman–Crippen MR) is 82.0 cm³/mol. The minimum atomic E-state index is -0.653. The van der Waals surface area contributed by atoms with Gasteiger partial charge in [-0.05, 0) is 48.4 Å². The molecule has 0 radical (unpaired) electrons. The van der Waals surface area contributed by atoms with Crippen molar-refractivity contribution < 1.29 is 13.5 Å². The molecule has 24 heavy (non-hydrogen) atoms. The van der Waals surface area contributed by atoms with Gasteiger partial charge in [0.25, 0.3) is 0 Å². The number of hydrogen-bond donors (Lipinski definition) is 1. The molecule has 1 N–H and O–H groups in total. The Balaban J connectivity index is 1.85. The molecule has 7 heteroatoms. The molecule has 1 heterocycles. The summed E-state index contributed by atoms with van der Waals surface area (Å²) in [5, 5.41) is 19.2. The molecule has 0 bridgehead atoms. The number of hydrogen-bond acceptors (Lipinski definition) is 4. The quantitative estimate of drug-likeness (QED) is 0.796. The number of H-pyrrole nitrogens is 1. The molecule has 5 nitrogen and oxygen atoms in total. The van der Waals surface area contributed by atoms with Crippen LogP contribution in [0.1, 0.15) is 16.8 Å². The zero-order valence-corrected chi connectivity index (χ0v) is 12.7. The summed E-state index contributed by atoms with van der Waals surface area (Å²) in [7, 11) is 0. The summed E-state index contributed by atoms with van der Waals surface area (Å²) in [4.78, 5) is 0. The van der Waals surface area contributed by atoms with Crippen LogP contribution in [0.5, 0.6) is 5.75 Å². The highest BCUT2D eigenvalue weighted by atomic mass is 19.1. The molecule has 0 amide bonds. The van der Waals surface area contributed by atoms with Crippen LogP contribution in [-0.2, 0) is 6.61 Å². The van der Waals surface area contributed by atoms with Crippen LogP contribution in [0.15, 0.2) is 36.4 Å². The normalized spacial score (nSPS) is 10.4. The van der Waals surface area contributed by atoms with E-state index < -0.39 is 11.6 Å². The highest BCUT2D eigenvalue weighted by molar-refractivity contribution is 5.66. The van der Waals surface area contributed by atoms with Crippen molar-refractivity contribution in [2.45, 2.75) is 13.5 Å². The Hall–Kier alpha value is -3.27. The number of nitrogens with one attached hydrogen (secondary N) is 1. The highest BCUT2D eigenvalue weighted by Crippen LogP contribution is 2.26. The molecule has 3 aromatic rings. The maximum absolute atomic E-state index is 13.2. The molecule has 1 aromatic heterocycles. The van der Waals surface area contributed by atoms with E-state index in [-0.39, 0.29) is 12.3 Å². The number of nitrogens with zero attached hydrogens (tertiary/aromatic N) is 3. The van der Waals surface area contributed by atoms with Crippen LogP contribution in [0.2, 0.25) is 0 Å². The van der Waals surface area contributed by atoms with E-state index in [9.17, 15) is 8.78 Å². The average Bonchev–Trinajstić information content (AvgIpc) is 3.00. The van der Waals surface area contributed by atoms with Crippen LogP contribution in [0.25, 0.3) is 11.3 Å². The first kappa shape index (κ1) is 15.6. The number of aryl methyl sites for hydroxylation is 1. The fourth-order valence-corrected chi connectivity index (χ4v) is 2.34. The second kappa shape index (κ2) is 6.46. The van der Waals surface area contributed by atoms with Crippen LogP contribution in [-0.4, -0.2) is 15.4 Å². The van der Waals surface area contributed by atoms with Gasteiger partial charge in [-0.1, -0.05) is 0 Å². The molecule has 2 aromatic carbocycles. The third-order valence-electron chi connectivity index (χ3n) is 3.31. The van der Waals surface area contributed by atoms with Gasteiger partial charge in [-0.2, -0.15) is 15.6 Å². The molecular weight excluding hydrogens is 314 g/mol. The summed E-state index contributed by atoms with van der Waals surface area (Å²) in [6.07, 6.45) is 0. The number of rotatable bonds is 4. The number of benzene rings is 2. The van der Waals surface area contributed by atoms with Crippen molar-refractivity contribution >= 4 is 0 Å². The van der Waals surface area contributed by atoms with E-state index in [1.165, 1.54) is 12.1 Å². The molecule has 3 rings (SSSR count). The van der Waals surface area contributed by atoms with Crippen LogP contribution < -0.4 is 4.74 Å². The third kappa shape index (κ3) is 3.38. The van der Waals surface area contributed by atoms with E-state index in [1.807, 2.05) is 19.1 Å². The number of aromatic amines is 1. The Kier molecular flexibility index (Phi) is 4.20. The Morgan fingerprint density at radius 1 is 1.08 bits per heavy atom. The van der Waals surface area contributed by atoms with Gasteiger partial charge in [-0.25, -0.2) is 8.78 Å². The summed E-state index contributed by atoms with van der Waals surface area (Å²) < 4.78 is 32.0. The summed E-state index contributed by atoms with van der Waals surface area (Å²) >= 11 is 0. The third-order valence-corrected chi connectivity index (χ3v) is 3.31. The van der Waals surface area contributed by atoms with Crippen LogP contribution in [0.3, 0.4) is 0 Å². The molecule has 0 fully saturated rings. The molecule has 0 aliphatic rings. The van der Waals surface area contributed by atoms with Gasteiger partial charge >= 0.3 is 0 Å². The highest BCUT2D eigenvalue weighted by Gasteiger charge is 2.12. The first-order chi connectivity index (χ1) is 11.5. The van der Waals surface area contributed by atoms with Gasteiger partial charge in [0.2, 0.25) is 0 Å². The predicted octanol–water partition coefficient (Wildman–Crippen LogP) is 3.51.